The summed E-state index contributed by atoms with van der Waals surface area (Å²) < 4.78 is 20.9. The quantitative estimate of drug-likeness (QED) is 0.800. The second-order valence-corrected chi connectivity index (χ2v) is 6.08. The number of hydrogen-bond acceptors (Lipinski definition) is 5. The average molecular weight is 332 g/mol. The lowest BCUT2D eigenvalue weighted by molar-refractivity contribution is -0.255. The smallest absolute Gasteiger partial charge is 0.128 e. The van der Waals surface area contributed by atoms with Crippen LogP contribution in [0.2, 0.25) is 0 Å². The molecule has 0 atom stereocenters. The van der Waals surface area contributed by atoms with Gasteiger partial charge in [-0.2, -0.15) is 5.10 Å². The first kappa shape index (κ1) is 16.6. The second kappa shape index (κ2) is 6.70. The van der Waals surface area contributed by atoms with E-state index in [1.54, 1.807) is 6.07 Å². The third-order valence-corrected chi connectivity index (χ3v) is 4.34. The van der Waals surface area contributed by atoms with Gasteiger partial charge in [0.05, 0.1) is 31.0 Å². The molecule has 0 saturated heterocycles. The average Bonchev–Trinajstić information content (AvgIpc) is 2.92. The lowest BCUT2D eigenvalue weighted by Gasteiger charge is -2.25. The van der Waals surface area contributed by atoms with Crippen molar-refractivity contribution in [3.05, 3.63) is 52.1 Å². The molecule has 0 spiro atoms. The van der Waals surface area contributed by atoms with Gasteiger partial charge in [0.2, 0.25) is 0 Å². The summed E-state index contributed by atoms with van der Waals surface area (Å²) in [4.78, 5) is 13.3. The Kier molecular flexibility index (Phi) is 4.64. The molecular weight excluding hydrogens is 313 g/mol. The third kappa shape index (κ3) is 3.18. The van der Waals surface area contributed by atoms with E-state index in [4.69, 9.17) is 4.74 Å². The molecule has 0 fully saturated rings. The predicted octanol–water partition coefficient (Wildman–Crippen LogP) is 0.568. The molecule has 3 rings (SSSR count). The number of carbonyl (C=O) groups excluding carboxylic acids is 1. The first-order valence-electron chi connectivity index (χ1n) is 7.73. The van der Waals surface area contributed by atoms with Gasteiger partial charge < -0.3 is 19.5 Å². The summed E-state index contributed by atoms with van der Waals surface area (Å²) in [6.07, 6.45) is 2.04. The molecule has 0 saturated carbocycles. The normalized spacial score (nSPS) is 14.6. The molecule has 128 valence electrons. The van der Waals surface area contributed by atoms with Crippen LogP contribution in [0, 0.1) is 5.82 Å². The van der Waals surface area contributed by atoms with E-state index in [9.17, 15) is 14.3 Å². The van der Waals surface area contributed by atoms with Crippen molar-refractivity contribution in [3.8, 4) is 0 Å². The summed E-state index contributed by atoms with van der Waals surface area (Å²) in [6, 6.07) is 3.42. The number of aromatic carboxylic acids is 1. The first-order valence-corrected chi connectivity index (χ1v) is 7.73. The zero-order valence-electron chi connectivity index (χ0n) is 13.7. The number of rotatable bonds is 5. The molecule has 0 N–H and O–H groups in total. The van der Waals surface area contributed by atoms with Crippen molar-refractivity contribution in [2.45, 2.75) is 26.1 Å². The Morgan fingerprint density at radius 2 is 2.21 bits per heavy atom. The number of methoxy groups -OCH3 is 1. The van der Waals surface area contributed by atoms with Crippen LogP contribution in [-0.4, -0.2) is 41.4 Å². The standard InChI is InChI=1S/C17H20FN3O3/c1-20-4-3-11-6-15(18)13(5-12(11)8-20)9-21-16(10-24-2)14(7-19-21)17(22)23/h5-7H,3-4,8-10H2,1-2H3,(H,22,23)/p-1. The van der Waals surface area contributed by atoms with Crippen LogP contribution in [0.5, 0.6) is 0 Å². The summed E-state index contributed by atoms with van der Waals surface area (Å²) in [5.74, 6) is -1.62. The van der Waals surface area contributed by atoms with Gasteiger partial charge in [-0.25, -0.2) is 4.39 Å². The Hall–Kier alpha value is -2.25. The maximum atomic E-state index is 14.4. The van der Waals surface area contributed by atoms with Crippen molar-refractivity contribution in [3.63, 3.8) is 0 Å². The minimum absolute atomic E-state index is 0.0325. The number of carboxylic acid groups (broad SMARTS) is 1. The number of likely N-dealkylation sites (N-methyl/N-ethyl adjacent to an activating group) is 1. The van der Waals surface area contributed by atoms with E-state index in [1.807, 2.05) is 13.1 Å². The molecule has 0 amide bonds. The summed E-state index contributed by atoms with van der Waals surface area (Å²) in [6.45, 7) is 1.91. The van der Waals surface area contributed by atoms with E-state index in [0.29, 0.717) is 11.3 Å². The number of fused-ring (bicyclic) bond motifs is 1. The number of halogens is 1. The molecule has 1 aliphatic heterocycles. The minimum Gasteiger partial charge on any atom is -0.545 e. The van der Waals surface area contributed by atoms with Crippen molar-refractivity contribution in [2.24, 2.45) is 0 Å². The summed E-state index contributed by atoms with van der Waals surface area (Å²) in [5, 5.41) is 15.2. The molecule has 7 heteroatoms. The molecule has 24 heavy (non-hydrogen) atoms. The molecule has 2 heterocycles. The van der Waals surface area contributed by atoms with E-state index >= 15 is 0 Å². The van der Waals surface area contributed by atoms with Crippen LogP contribution in [0.1, 0.15) is 32.7 Å². The molecule has 1 aromatic heterocycles. The van der Waals surface area contributed by atoms with Gasteiger partial charge in [0.15, 0.2) is 0 Å². The van der Waals surface area contributed by atoms with Crippen molar-refractivity contribution in [2.75, 3.05) is 20.7 Å². The highest BCUT2D eigenvalue weighted by Crippen LogP contribution is 2.23. The molecule has 1 aliphatic rings. The number of carbonyl (C=O) groups is 1. The largest absolute Gasteiger partial charge is 0.545 e. The van der Waals surface area contributed by atoms with Crippen molar-refractivity contribution < 1.29 is 19.0 Å². The van der Waals surface area contributed by atoms with Crippen molar-refractivity contribution >= 4 is 5.97 Å². The summed E-state index contributed by atoms with van der Waals surface area (Å²) in [7, 11) is 3.49. The van der Waals surface area contributed by atoms with E-state index in [-0.39, 0.29) is 24.5 Å². The van der Waals surface area contributed by atoms with Gasteiger partial charge in [-0.05, 0) is 36.7 Å². The maximum Gasteiger partial charge on any atom is 0.128 e. The molecule has 1 aromatic carbocycles. The van der Waals surface area contributed by atoms with Gasteiger partial charge in [0.25, 0.3) is 0 Å². The van der Waals surface area contributed by atoms with E-state index in [1.165, 1.54) is 18.0 Å². The Bertz CT molecular complexity index is 773. The lowest BCUT2D eigenvalue weighted by atomic mass is 9.97. The SMILES string of the molecule is COCc1c(C(=O)[O-])cnn1Cc1cc2c(cc1F)CCN(C)C2. The number of hydrogen-bond donors (Lipinski definition) is 0. The summed E-state index contributed by atoms with van der Waals surface area (Å²) >= 11 is 0. The van der Waals surface area contributed by atoms with Crippen LogP contribution in [0.15, 0.2) is 18.3 Å². The van der Waals surface area contributed by atoms with Gasteiger partial charge in [0.1, 0.15) is 5.82 Å². The monoisotopic (exact) mass is 332 g/mol. The van der Waals surface area contributed by atoms with Gasteiger partial charge >= 0.3 is 0 Å². The summed E-state index contributed by atoms with van der Waals surface area (Å²) in [5.41, 5.74) is 2.94. The van der Waals surface area contributed by atoms with Gasteiger partial charge in [-0.15, -0.1) is 0 Å². The van der Waals surface area contributed by atoms with Crippen LogP contribution in [-0.2, 0) is 30.9 Å². The fraction of sp³-hybridized carbons (Fsp3) is 0.412. The Balaban J connectivity index is 1.94. The van der Waals surface area contributed by atoms with Crippen LogP contribution >= 0.6 is 0 Å². The number of carboxylic acids is 1. The fourth-order valence-corrected chi connectivity index (χ4v) is 3.06. The van der Waals surface area contributed by atoms with Crippen molar-refractivity contribution in [1.82, 2.24) is 14.7 Å². The fourth-order valence-electron chi connectivity index (χ4n) is 3.06. The van der Waals surface area contributed by atoms with Crippen LogP contribution < -0.4 is 5.11 Å². The Labute approximate surface area is 139 Å². The molecule has 0 radical (unpaired) electrons. The van der Waals surface area contributed by atoms with Gasteiger partial charge in [-0.3, -0.25) is 4.68 Å². The van der Waals surface area contributed by atoms with Gasteiger partial charge in [-0.1, -0.05) is 0 Å². The highest BCUT2D eigenvalue weighted by Gasteiger charge is 2.18. The topological polar surface area (TPSA) is 70.4 Å². The Morgan fingerprint density at radius 3 is 2.92 bits per heavy atom. The lowest BCUT2D eigenvalue weighted by Crippen LogP contribution is -2.27. The molecule has 0 unspecified atom stereocenters. The molecule has 0 bridgehead atoms. The number of nitrogens with zero attached hydrogens (tertiary/aromatic N) is 3. The third-order valence-electron chi connectivity index (χ3n) is 4.34. The van der Waals surface area contributed by atoms with E-state index in [2.05, 4.69) is 10.00 Å². The van der Waals surface area contributed by atoms with Crippen LogP contribution in [0.25, 0.3) is 0 Å². The molecule has 6 nitrogen and oxygen atoms in total. The van der Waals surface area contributed by atoms with Crippen LogP contribution in [0.4, 0.5) is 4.39 Å². The highest BCUT2D eigenvalue weighted by molar-refractivity contribution is 5.86. The molecule has 2 aromatic rings. The zero-order chi connectivity index (χ0) is 17.3. The molecular formula is C17H19FN3O3-. The molecule has 0 aliphatic carbocycles. The van der Waals surface area contributed by atoms with Crippen LogP contribution in [0.3, 0.4) is 0 Å². The zero-order valence-corrected chi connectivity index (χ0v) is 13.7. The number of aromatic nitrogens is 2. The highest BCUT2D eigenvalue weighted by atomic mass is 19.1. The van der Waals surface area contributed by atoms with E-state index < -0.39 is 5.97 Å². The first-order chi connectivity index (χ1) is 11.5. The maximum absolute atomic E-state index is 14.4. The minimum atomic E-state index is -1.32. The number of ether oxygens (including phenoxy) is 1. The number of benzene rings is 1. The second-order valence-electron chi connectivity index (χ2n) is 6.08. The Morgan fingerprint density at radius 1 is 1.42 bits per heavy atom. The van der Waals surface area contributed by atoms with Crippen molar-refractivity contribution in [1.29, 1.82) is 0 Å². The predicted molar refractivity (Wildman–Crippen MR) is 82.8 cm³/mol. The van der Waals surface area contributed by atoms with E-state index in [0.717, 1.165) is 30.6 Å². The van der Waals surface area contributed by atoms with Gasteiger partial charge in [0, 0.05) is 31.3 Å².